The van der Waals surface area contributed by atoms with Crippen molar-refractivity contribution in [3.63, 3.8) is 0 Å². The van der Waals surface area contributed by atoms with E-state index in [9.17, 15) is 4.79 Å². The van der Waals surface area contributed by atoms with Gasteiger partial charge in [-0.25, -0.2) is 0 Å². The number of carbonyl (C=O) groups is 1. The summed E-state index contributed by atoms with van der Waals surface area (Å²) in [5, 5.41) is 0. The van der Waals surface area contributed by atoms with Gasteiger partial charge in [-0.2, -0.15) is 0 Å². The lowest BCUT2D eigenvalue weighted by atomic mass is 9.97. The predicted octanol–water partition coefficient (Wildman–Crippen LogP) is 3.52. The van der Waals surface area contributed by atoms with E-state index in [4.69, 9.17) is 5.73 Å². The molecule has 1 fully saturated rings. The third-order valence-corrected chi connectivity index (χ3v) is 4.30. The number of carbonyl (C=O) groups excluding carboxylic acids is 1. The van der Waals surface area contributed by atoms with Crippen molar-refractivity contribution in [1.29, 1.82) is 0 Å². The molecular weight excluding hydrogens is 340 g/mol. The molecule has 0 bridgehead atoms. The highest BCUT2D eigenvalue weighted by atomic mass is 79.9. The second-order valence-electron chi connectivity index (χ2n) is 5.18. The zero-order valence-corrected chi connectivity index (χ0v) is 14.2. The maximum Gasteiger partial charge on any atom is 0.254 e. The van der Waals surface area contributed by atoms with Gasteiger partial charge in [-0.15, -0.1) is 12.4 Å². The van der Waals surface area contributed by atoms with Crippen LogP contribution in [0.5, 0.6) is 0 Å². The fourth-order valence-electron chi connectivity index (χ4n) is 2.78. The van der Waals surface area contributed by atoms with Crippen LogP contribution in [0.25, 0.3) is 0 Å². The molecule has 1 aromatic carbocycles. The molecule has 3 nitrogen and oxygen atoms in total. The minimum Gasteiger partial charge on any atom is -0.336 e. The van der Waals surface area contributed by atoms with E-state index in [1.165, 1.54) is 6.42 Å². The summed E-state index contributed by atoms with van der Waals surface area (Å²) in [6, 6.07) is 6.15. The van der Waals surface area contributed by atoms with Gasteiger partial charge in [0.25, 0.3) is 5.91 Å². The van der Waals surface area contributed by atoms with E-state index in [1.807, 2.05) is 30.0 Å². The number of nitrogens with two attached hydrogens (primary N) is 1. The van der Waals surface area contributed by atoms with E-state index in [0.29, 0.717) is 12.6 Å². The number of rotatable bonds is 3. The second-order valence-corrected chi connectivity index (χ2v) is 6.10. The van der Waals surface area contributed by atoms with E-state index in [0.717, 1.165) is 41.4 Å². The van der Waals surface area contributed by atoms with Crippen LogP contribution < -0.4 is 5.73 Å². The molecule has 0 aromatic heterocycles. The zero-order valence-electron chi connectivity index (χ0n) is 11.8. The van der Waals surface area contributed by atoms with Crippen molar-refractivity contribution in [2.24, 2.45) is 5.73 Å². The van der Waals surface area contributed by atoms with Crippen molar-refractivity contribution in [3.8, 4) is 0 Å². The van der Waals surface area contributed by atoms with Crippen LogP contribution in [0.15, 0.2) is 22.7 Å². The van der Waals surface area contributed by atoms with Crippen LogP contribution >= 0.6 is 28.3 Å². The maximum absolute atomic E-state index is 12.7. The highest BCUT2D eigenvalue weighted by molar-refractivity contribution is 9.10. The van der Waals surface area contributed by atoms with E-state index in [1.54, 1.807) is 0 Å². The van der Waals surface area contributed by atoms with Crippen LogP contribution in [-0.4, -0.2) is 29.9 Å². The highest BCUT2D eigenvalue weighted by Gasteiger charge is 2.27. The monoisotopic (exact) mass is 360 g/mol. The Morgan fingerprint density at radius 2 is 2.20 bits per heavy atom. The molecule has 20 heavy (non-hydrogen) atoms. The van der Waals surface area contributed by atoms with Gasteiger partial charge in [-0.1, -0.05) is 15.9 Å². The molecule has 2 rings (SSSR count). The van der Waals surface area contributed by atoms with Crippen LogP contribution in [0.1, 0.15) is 41.6 Å². The minimum absolute atomic E-state index is 0. The molecular formula is C15H22BrClN2O. The molecule has 0 aliphatic carbocycles. The summed E-state index contributed by atoms with van der Waals surface area (Å²) in [5.41, 5.74) is 7.50. The number of hydrogen-bond donors (Lipinski definition) is 1. The first-order valence-electron chi connectivity index (χ1n) is 6.90. The molecule has 2 N–H and O–H groups in total. The molecule has 112 valence electrons. The molecule has 1 amide bonds. The minimum atomic E-state index is 0. The number of piperidine rings is 1. The number of halogens is 2. The normalized spacial score (nSPS) is 18.6. The van der Waals surface area contributed by atoms with Gasteiger partial charge in [0, 0.05) is 22.6 Å². The van der Waals surface area contributed by atoms with Gasteiger partial charge in [-0.3, -0.25) is 4.79 Å². The lowest BCUT2D eigenvalue weighted by Gasteiger charge is -2.36. The maximum atomic E-state index is 12.7. The van der Waals surface area contributed by atoms with Gasteiger partial charge in [0.2, 0.25) is 0 Å². The quantitative estimate of drug-likeness (QED) is 0.895. The number of likely N-dealkylation sites (tertiary alicyclic amines) is 1. The Bertz CT molecular complexity index is 465. The summed E-state index contributed by atoms with van der Waals surface area (Å²) in [6.07, 6.45) is 4.29. The van der Waals surface area contributed by atoms with Crippen LogP contribution in [0, 0.1) is 6.92 Å². The third kappa shape index (κ3) is 3.96. The lowest BCUT2D eigenvalue weighted by Crippen LogP contribution is -2.44. The summed E-state index contributed by atoms with van der Waals surface area (Å²) >= 11 is 3.44. The number of hydrogen-bond acceptors (Lipinski definition) is 2. The van der Waals surface area contributed by atoms with E-state index in [-0.39, 0.29) is 18.3 Å². The number of amides is 1. The molecule has 1 saturated heterocycles. The Morgan fingerprint density at radius 3 is 2.85 bits per heavy atom. The molecule has 1 unspecified atom stereocenters. The van der Waals surface area contributed by atoms with Gasteiger partial charge < -0.3 is 10.6 Å². The first-order chi connectivity index (χ1) is 9.13. The standard InChI is InChI=1S/C15H21BrN2O.ClH/c1-11-10-12(16)5-6-14(11)15(19)18-9-3-2-4-13(18)7-8-17;/h5-6,10,13H,2-4,7-9,17H2,1H3;1H. The fourth-order valence-corrected chi connectivity index (χ4v) is 3.26. The summed E-state index contributed by atoms with van der Waals surface area (Å²) in [6.45, 7) is 3.49. The first-order valence-corrected chi connectivity index (χ1v) is 7.70. The van der Waals surface area contributed by atoms with Crippen molar-refractivity contribution in [2.45, 2.75) is 38.6 Å². The summed E-state index contributed by atoms with van der Waals surface area (Å²) < 4.78 is 1.01. The van der Waals surface area contributed by atoms with Crippen molar-refractivity contribution in [2.75, 3.05) is 13.1 Å². The average Bonchev–Trinajstić information content (AvgIpc) is 2.39. The molecule has 0 saturated carbocycles. The Balaban J connectivity index is 0.00000200. The van der Waals surface area contributed by atoms with Crippen molar-refractivity contribution in [3.05, 3.63) is 33.8 Å². The molecule has 0 radical (unpaired) electrons. The fraction of sp³-hybridized carbons (Fsp3) is 0.533. The predicted molar refractivity (Wildman–Crippen MR) is 88.5 cm³/mol. The largest absolute Gasteiger partial charge is 0.336 e. The van der Waals surface area contributed by atoms with Crippen molar-refractivity contribution >= 4 is 34.2 Å². The molecule has 5 heteroatoms. The Hall–Kier alpha value is -0.580. The molecule has 1 aliphatic heterocycles. The van der Waals surface area contributed by atoms with E-state index >= 15 is 0 Å². The summed E-state index contributed by atoms with van der Waals surface area (Å²) in [7, 11) is 0. The van der Waals surface area contributed by atoms with Crippen LogP contribution in [0.4, 0.5) is 0 Å². The smallest absolute Gasteiger partial charge is 0.254 e. The van der Waals surface area contributed by atoms with Crippen LogP contribution in [0.2, 0.25) is 0 Å². The average molecular weight is 362 g/mol. The van der Waals surface area contributed by atoms with E-state index < -0.39 is 0 Å². The first kappa shape index (κ1) is 17.5. The number of nitrogens with zero attached hydrogens (tertiary/aromatic N) is 1. The van der Waals surface area contributed by atoms with Gasteiger partial charge in [0.1, 0.15) is 0 Å². The number of benzene rings is 1. The van der Waals surface area contributed by atoms with E-state index in [2.05, 4.69) is 15.9 Å². The second kappa shape index (κ2) is 8.01. The zero-order chi connectivity index (χ0) is 13.8. The molecule has 1 heterocycles. The summed E-state index contributed by atoms with van der Waals surface area (Å²) in [5.74, 6) is 0.156. The Labute approximate surface area is 135 Å². The summed E-state index contributed by atoms with van der Waals surface area (Å²) in [4.78, 5) is 14.7. The Morgan fingerprint density at radius 1 is 1.45 bits per heavy atom. The van der Waals surface area contributed by atoms with Gasteiger partial charge >= 0.3 is 0 Å². The molecule has 1 atom stereocenters. The van der Waals surface area contributed by atoms with Crippen molar-refractivity contribution < 1.29 is 4.79 Å². The van der Waals surface area contributed by atoms with Crippen LogP contribution in [-0.2, 0) is 0 Å². The SMILES string of the molecule is Cc1cc(Br)ccc1C(=O)N1CCCCC1CCN.Cl. The van der Waals surface area contributed by atoms with Crippen LogP contribution in [0.3, 0.4) is 0 Å². The lowest BCUT2D eigenvalue weighted by molar-refractivity contribution is 0.0604. The number of aryl methyl sites for hydroxylation is 1. The molecule has 0 spiro atoms. The molecule has 1 aromatic rings. The topological polar surface area (TPSA) is 46.3 Å². The highest BCUT2D eigenvalue weighted by Crippen LogP contribution is 2.24. The van der Waals surface area contributed by atoms with Crippen molar-refractivity contribution in [1.82, 2.24) is 4.90 Å². The Kier molecular flexibility index (Phi) is 7.00. The van der Waals surface area contributed by atoms with Gasteiger partial charge in [0.05, 0.1) is 0 Å². The molecule has 1 aliphatic rings. The van der Waals surface area contributed by atoms with Gasteiger partial charge in [-0.05, 0) is 62.9 Å². The van der Waals surface area contributed by atoms with Gasteiger partial charge in [0.15, 0.2) is 0 Å². The third-order valence-electron chi connectivity index (χ3n) is 3.81.